The highest BCUT2D eigenvalue weighted by molar-refractivity contribution is 5.62. The summed E-state index contributed by atoms with van der Waals surface area (Å²) in [5, 5.41) is 3.26. The van der Waals surface area contributed by atoms with Crippen LogP contribution >= 0.6 is 0 Å². The maximum atomic E-state index is 13.6. The molecule has 1 aliphatic rings. The Morgan fingerprint density at radius 2 is 2.00 bits per heavy atom. The molecule has 0 amide bonds. The molecule has 0 saturated carbocycles. The monoisotopic (exact) mass is 234 g/mol. The summed E-state index contributed by atoms with van der Waals surface area (Å²) >= 11 is 0. The summed E-state index contributed by atoms with van der Waals surface area (Å²) in [5.74, 6) is -1.08. The predicted octanol–water partition coefficient (Wildman–Crippen LogP) is 2.61. The number of aromatic amines is 1. The van der Waals surface area contributed by atoms with Gasteiger partial charge in [0.2, 0.25) is 0 Å². The van der Waals surface area contributed by atoms with Crippen LogP contribution in [0.1, 0.15) is 11.3 Å². The minimum absolute atomic E-state index is 0.417. The van der Waals surface area contributed by atoms with Crippen LogP contribution in [0.3, 0.4) is 0 Å². The zero-order valence-electron chi connectivity index (χ0n) is 9.19. The normalized spacial score (nSPS) is 14.7. The van der Waals surface area contributed by atoms with Crippen molar-refractivity contribution in [2.24, 2.45) is 0 Å². The number of fused-ring (bicyclic) bond motifs is 1. The van der Waals surface area contributed by atoms with Crippen molar-refractivity contribution in [1.29, 1.82) is 0 Å². The van der Waals surface area contributed by atoms with Crippen LogP contribution in [0, 0.1) is 11.6 Å². The van der Waals surface area contributed by atoms with Crippen LogP contribution in [0.25, 0.3) is 11.3 Å². The van der Waals surface area contributed by atoms with Crippen LogP contribution in [0.4, 0.5) is 8.78 Å². The van der Waals surface area contributed by atoms with Crippen molar-refractivity contribution in [2.75, 3.05) is 6.54 Å². The lowest BCUT2D eigenvalue weighted by Crippen LogP contribution is -2.22. The highest BCUT2D eigenvalue weighted by atomic mass is 19.1. The van der Waals surface area contributed by atoms with Gasteiger partial charge < -0.3 is 10.3 Å². The van der Waals surface area contributed by atoms with E-state index in [1.807, 2.05) is 6.07 Å². The molecule has 0 aliphatic carbocycles. The van der Waals surface area contributed by atoms with E-state index in [2.05, 4.69) is 10.3 Å². The Morgan fingerprint density at radius 3 is 2.76 bits per heavy atom. The number of benzene rings is 1. The summed E-state index contributed by atoms with van der Waals surface area (Å²) in [6.07, 6.45) is 0.915. The molecule has 2 aromatic rings. The minimum atomic E-state index is -0.552. The van der Waals surface area contributed by atoms with Gasteiger partial charge in [-0.25, -0.2) is 8.78 Å². The van der Waals surface area contributed by atoms with Gasteiger partial charge in [-0.2, -0.15) is 0 Å². The summed E-state index contributed by atoms with van der Waals surface area (Å²) in [5.41, 5.74) is 3.44. The second-order valence-electron chi connectivity index (χ2n) is 4.24. The first-order valence-electron chi connectivity index (χ1n) is 5.61. The molecule has 1 aromatic heterocycles. The van der Waals surface area contributed by atoms with E-state index in [-0.39, 0.29) is 0 Å². The third-order valence-electron chi connectivity index (χ3n) is 3.08. The molecule has 1 aromatic carbocycles. The first-order valence-corrected chi connectivity index (χ1v) is 5.61. The Kier molecular flexibility index (Phi) is 2.44. The topological polar surface area (TPSA) is 27.8 Å². The molecule has 2 heterocycles. The second kappa shape index (κ2) is 3.96. The van der Waals surface area contributed by atoms with Crippen LogP contribution < -0.4 is 5.32 Å². The Hall–Kier alpha value is -1.68. The van der Waals surface area contributed by atoms with Gasteiger partial charge in [-0.05, 0) is 23.8 Å². The van der Waals surface area contributed by atoms with E-state index in [1.165, 1.54) is 12.1 Å². The number of nitrogens with one attached hydrogen (secondary N) is 2. The maximum Gasteiger partial charge on any atom is 0.135 e. The molecule has 0 saturated heterocycles. The molecule has 17 heavy (non-hydrogen) atoms. The molecular formula is C13H12F2N2. The van der Waals surface area contributed by atoms with Crippen molar-refractivity contribution in [3.63, 3.8) is 0 Å². The maximum absolute atomic E-state index is 13.6. The number of halogens is 2. The molecule has 1 aliphatic heterocycles. The van der Waals surface area contributed by atoms with Crippen molar-refractivity contribution < 1.29 is 8.78 Å². The van der Waals surface area contributed by atoms with E-state index in [0.29, 0.717) is 5.56 Å². The van der Waals surface area contributed by atoms with Crippen molar-refractivity contribution in [2.45, 2.75) is 13.0 Å². The van der Waals surface area contributed by atoms with Crippen LogP contribution in [0.15, 0.2) is 24.3 Å². The number of rotatable bonds is 1. The summed E-state index contributed by atoms with van der Waals surface area (Å²) in [6.45, 7) is 1.73. The average molecular weight is 234 g/mol. The van der Waals surface area contributed by atoms with Gasteiger partial charge >= 0.3 is 0 Å². The number of aromatic nitrogens is 1. The molecule has 0 bridgehead atoms. The molecule has 0 atom stereocenters. The van der Waals surface area contributed by atoms with Gasteiger partial charge in [-0.1, -0.05) is 0 Å². The van der Waals surface area contributed by atoms with E-state index in [0.717, 1.165) is 42.5 Å². The summed E-state index contributed by atoms with van der Waals surface area (Å²) < 4.78 is 26.5. The second-order valence-corrected chi connectivity index (χ2v) is 4.24. The molecule has 0 fully saturated rings. The lowest BCUT2D eigenvalue weighted by atomic mass is 10.1. The molecule has 2 nitrogen and oxygen atoms in total. The Balaban J connectivity index is 2.06. The molecule has 0 spiro atoms. The Morgan fingerprint density at radius 1 is 1.12 bits per heavy atom. The van der Waals surface area contributed by atoms with E-state index < -0.39 is 11.6 Å². The highest BCUT2D eigenvalue weighted by Gasteiger charge is 2.15. The minimum Gasteiger partial charge on any atom is -0.358 e. The molecule has 88 valence electrons. The molecule has 2 N–H and O–H groups in total. The summed E-state index contributed by atoms with van der Waals surface area (Å²) in [7, 11) is 0. The van der Waals surface area contributed by atoms with Crippen molar-refractivity contribution >= 4 is 0 Å². The molecule has 0 radical (unpaired) electrons. The van der Waals surface area contributed by atoms with Gasteiger partial charge in [0.25, 0.3) is 0 Å². The van der Waals surface area contributed by atoms with Crippen LogP contribution in [-0.4, -0.2) is 11.5 Å². The number of hydrogen-bond acceptors (Lipinski definition) is 1. The molecule has 3 rings (SSSR count). The quantitative estimate of drug-likeness (QED) is 0.780. The van der Waals surface area contributed by atoms with Gasteiger partial charge in [0.15, 0.2) is 0 Å². The van der Waals surface area contributed by atoms with E-state index in [4.69, 9.17) is 0 Å². The standard InChI is InChI=1S/C13H12F2N2/c14-9-1-2-10(11(15)6-9)13-5-8-7-16-4-3-12(8)17-13/h1-2,5-6,16-17H,3-4,7H2. The summed E-state index contributed by atoms with van der Waals surface area (Å²) in [6, 6.07) is 5.58. The van der Waals surface area contributed by atoms with Crippen LogP contribution in [0.2, 0.25) is 0 Å². The largest absolute Gasteiger partial charge is 0.358 e. The molecule has 0 unspecified atom stereocenters. The van der Waals surface area contributed by atoms with E-state index >= 15 is 0 Å². The van der Waals surface area contributed by atoms with Crippen molar-refractivity contribution in [1.82, 2.24) is 10.3 Å². The van der Waals surface area contributed by atoms with Crippen molar-refractivity contribution in [3.8, 4) is 11.3 Å². The zero-order chi connectivity index (χ0) is 11.8. The highest BCUT2D eigenvalue weighted by Crippen LogP contribution is 2.26. The van der Waals surface area contributed by atoms with Gasteiger partial charge in [-0.15, -0.1) is 0 Å². The molecular weight excluding hydrogens is 222 g/mol. The van der Waals surface area contributed by atoms with Crippen LogP contribution in [0.5, 0.6) is 0 Å². The van der Waals surface area contributed by atoms with Crippen molar-refractivity contribution in [3.05, 3.63) is 47.2 Å². The SMILES string of the molecule is Fc1ccc(-c2cc3c([nH]2)CCNC3)c(F)c1. The van der Waals surface area contributed by atoms with Crippen LogP contribution in [-0.2, 0) is 13.0 Å². The fraction of sp³-hybridized carbons (Fsp3) is 0.231. The van der Waals surface area contributed by atoms with Gasteiger partial charge in [0, 0.05) is 42.5 Å². The first-order chi connectivity index (χ1) is 8.24. The average Bonchev–Trinajstić information content (AvgIpc) is 2.72. The van der Waals surface area contributed by atoms with Gasteiger partial charge in [0.05, 0.1) is 0 Å². The smallest absolute Gasteiger partial charge is 0.135 e. The third-order valence-corrected chi connectivity index (χ3v) is 3.08. The number of hydrogen-bond donors (Lipinski definition) is 2. The van der Waals surface area contributed by atoms with Gasteiger partial charge in [-0.3, -0.25) is 0 Å². The molecule has 4 heteroatoms. The Labute approximate surface area is 97.7 Å². The van der Waals surface area contributed by atoms with Gasteiger partial charge in [0.1, 0.15) is 11.6 Å². The Bertz CT molecular complexity index is 537. The van der Waals surface area contributed by atoms with E-state index in [9.17, 15) is 8.78 Å². The predicted molar refractivity (Wildman–Crippen MR) is 61.6 cm³/mol. The lowest BCUT2D eigenvalue weighted by molar-refractivity contribution is 0.585. The first kappa shape index (κ1) is 10.5. The summed E-state index contributed by atoms with van der Waals surface area (Å²) in [4.78, 5) is 3.21. The fourth-order valence-electron chi connectivity index (χ4n) is 2.21. The third kappa shape index (κ3) is 1.85. The lowest BCUT2D eigenvalue weighted by Gasteiger charge is -2.11. The fourth-order valence-corrected chi connectivity index (χ4v) is 2.21. The van der Waals surface area contributed by atoms with E-state index in [1.54, 1.807) is 0 Å². The zero-order valence-corrected chi connectivity index (χ0v) is 9.19. The number of H-pyrrole nitrogens is 1.